The summed E-state index contributed by atoms with van der Waals surface area (Å²) in [6.45, 7) is -0.221. The van der Waals surface area contributed by atoms with Crippen molar-refractivity contribution < 1.29 is 13.9 Å². The maximum atomic E-state index is 13.5. The minimum atomic E-state index is -0.924. The van der Waals surface area contributed by atoms with Crippen molar-refractivity contribution in [1.29, 1.82) is 0 Å². The van der Waals surface area contributed by atoms with E-state index in [0.717, 1.165) is 16.1 Å². The topological polar surface area (TPSA) is 46.2 Å². The number of aliphatic hydroxyl groups is 1. The number of aliphatic hydroxyl groups excluding tert-OH is 1. The summed E-state index contributed by atoms with van der Waals surface area (Å²) in [4.78, 5) is 0. The molecule has 0 aromatic heterocycles. The van der Waals surface area contributed by atoms with Gasteiger partial charge in [0, 0.05) is 22.5 Å². The normalized spacial score (nSPS) is 14.0. The molecule has 0 saturated carbocycles. The monoisotopic (exact) mass is 355 g/mol. The molecule has 5 heteroatoms. The van der Waals surface area contributed by atoms with Crippen LogP contribution >= 0.6 is 15.9 Å². The summed E-state index contributed by atoms with van der Waals surface area (Å²) in [6.07, 6.45) is 0.379. The molecule has 21 heavy (non-hydrogen) atoms. The van der Waals surface area contributed by atoms with Crippen LogP contribution in [-0.4, -0.2) is 18.3 Å². The Bertz CT molecular complexity index is 609. The Morgan fingerprint density at radius 1 is 1.10 bits per heavy atom. The van der Waals surface area contributed by atoms with Gasteiger partial charge >= 0.3 is 0 Å². The number of nitrogens with two attached hydrogens (primary N) is 1. The summed E-state index contributed by atoms with van der Waals surface area (Å²) < 4.78 is 27.8. The van der Waals surface area contributed by atoms with Crippen molar-refractivity contribution in [3.05, 3.63) is 69.7 Å². The van der Waals surface area contributed by atoms with E-state index in [0.29, 0.717) is 12.0 Å². The molecule has 3 N–H and O–H groups in total. The smallest absolute Gasteiger partial charge is 0.126 e. The van der Waals surface area contributed by atoms with Crippen LogP contribution in [0.4, 0.5) is 8.78 Å². The maximum absolute atomic E-state index is 13.5. The molecule has 0 aliphatic rings. The Kier molecular flexibility index (Phi) is 5.08. The third-order valence-electron chi connectivity index (χ3n) is 3.66. The molecule has 0 heterocycles. The summed E-state index contributed by atoms with van der Waals surface area (Å²) in [6, 6.07) is 10.8. The van der Waals surface area contributed by atoms with E-state index in [-0.39, 0.29) is 13.2 Å². The zero-order chi connectivity index (χ0) is 15.5. The third kappa shape index (κ3) is 3.48. The predicted molar refractivity (Wildman–Crippen MR) is 82.0 cm³/mol. The van der Waals surface area contributed by atoms with Crippen LogP contribution in [-0.2, 0) is 11.8 Å². The molecule has 1 unspecified atom stereocenters. The first-order chi connectivity index (χ1) is 10.0. The molecular weight excluding hydrogens is 340 g/mol. The molecule has 0 saturated heterocycles. The Labute approximate surface area is 130 Å². The average molecular weight is 356 g/mol. The number of rotatable bonds is 5. The fraction of sp³-hybridized carbons (Fsp3) is 0.250. The molecule has 0 fully saturated rings. The Morgan fingerprint density at radius 3 is 2.24 bits per heavy atom. The molecular formula is C16H16BrF2NO. The van der Waals surface area contributed by atoms with Crippen molar-refractivity contribution in [3.8, 4) is 0 Å². The van der Waals surface area contributed by atoms with Gasteiger partial charge in [-0.3, -0.25) is 0 Å². The van der Waals surface area contributed by atoms with E-state index in [2.05, 4.69) is 15.9 Å². The number of hydrogen-bond acceptors (Lipinski definition) is 2. The molecule has 2 aromatic carbocycles. The zero-order valence-corrected chi connectivity index (χ0v) is 12.9. The summed E-state index contributed by atoms with van der Waals surface area (Å²) >= 11 is 3.44. The van der Waals surface area contributed by atoms with Crippen molar-refractivity contribution in [2.45, 2.75) is 11.8 Å². The highest BCUT2D eigenvalue weighted by Crippen LogP contribution is 2.31. The van der Waals surface area contributed by atoms with Crippen LogP contribution in [0.3, 0.4) is 0 Å². The van der Waals surface area contributed by atoms with Crippen molar-refractivity contribution in [3.63, 3.8) is 0 Å². The Morgan fingerprint density at radius 2 is 1.71 bits per heavy atom. The average Bonchev–Trinajstić information content (AvgIpc) is 2.46. The Hall–Kier alpha value is -1.30. The van der Waals surface area contributed by atoms with Crippen LogP contribution in [0.5, 0.6) is 0 Å². The lowest BCUT2D eigenvalue weighted by molar-refractivity contribution is 0.195. The van der Waals surface area contributed by atoms with E-state index in [1.54, 1.807) is 0 Å². The highest BCUT2D eigenvalue weighted by molar-refractivity contribution is 9.10. The van der Waals surface area contributed by atoms with Crippen LogP contribution in [0.1, 0.15) is 11.1 Å². The molecule has 0 radical (unpaired) electrons. The molecule has 0 amide bonds. The van der Waals surface area contributed by atoms with Gasteiger partial charge in [0.25, 0.3) is 0 Å². The molecule has 2 rings (SSSR count). The zero-order valence-electron chi connectivity index (χ0n) is 11.3. The molecule has 0 aliphatic heterocycles. The molecule has 0 spiro atoms. The van der Waals surface area contributed by atoms with Crippen LogP contribution in [0.15, 0.2) is 46.9 Å². The SMILES string of the molecule is NCC(CO)(Cc1ccccc1Br)c1cc(F)cc(F)c1. The van der Waals surface area contributed by atoms with Crippen molar-refractivity contribution >= 4 is 15.9 Å². The Balaban J connectivity index is 2.47. The molecule has 2 aromatic rings. The fourth-order valence-electron chi connectivity index (χ4n) is 2.37. The van der Waals surface area contributed by atoms with Gasteiger partial charge in [-0.2, -0.15) is 0 Å². The molecule has 0 aliphatic carbocycles. The second-order valence-corrected chi connectivity index (χ2v) is 5.92. The molecule has 112 valence electrons. The van der Waals surface area contributed by atoms with Gasteiger partial charge in [0.1, 0.15) is 11.6 Å². The van der Waals surface area contributed by atoms with Gasteiger partial charge in [-0.05, 0) is 35.7 Å². The summed E-state index contributed by atoms with van der Waals surface area (Å²) in [5, 5.41) is 9.82. The predicted octanol–water partition coefficient (Wildman–Crippen LogP) is 3.16. The van der Waals surface area contributed by atoms with Crippen LogP contribution in [0.25, 0.3) is 0 Å². The largest absolute Gasteiger partial charge is 0.395 e. The van der Waals surface area contributed by atoms with Gasteiger partial charge in [-0.1, -0.05) is 34.1 Å². The second-order valence-electron chi connectivity index (χ2n) is 5.07. The van der Waals surface area contributed by atoms with Gasteiger partial charge in [0.2, 0.25) is 0 Å². The van der Waals surface area contributed by atoms with Gasteiger partial charge in [-0.15, -0.1) is 0 Å². The minimum Gasteiger partial charge on any atom is -0.395 e. The van der Waals surface area contributed by atoms with E-state index in [1.165, 1.54) is 12.1 Å². The third-order valence-corrected chi connectivity index (χ3v) is 4.43. The molecule has 2 nitrogen and oxygen atoms in total. The molecule has 0 bridgehead atoms. The van der Waals surface area contributed by atoms with Gasteiger partial charge in [-0.25, -0.2) is 8.78 Å². The van der Waals surface area contributed by atoms with Crippen LogP contribution in [0, 0.1) is 11.6 Å². The lowest BCUT2D eigenvalue weighted by Gasteiger charge is -2.31. The maximum Gasteiger partial charge on any atom is 0.126 e. The van der Waals surface area contributed by atoms with Crippen molar-refractivity contribution in [2.24, 2.45) is 5.73 Å². The van der Waals surface area contributed by atoms with Crippen LogP contribution in [0.2, 0.25) is 0 Å². The van der Waals surface area contributed by atoms with Gasteiger partial charge < -0.3 is 10.8 Å². The second kappa shape index (κ2) is 6.64. The first kappa shape index (κ1) is 16.1. The number of benzene rings is 2. The van der Waals surface area contributed by atoms with Crippen molar-refractivity contribution in [2.75, 3.05) is 13.2 Å². The van der Waals surface area contributed by atoms with E-state index in [4.69, 9.17) is 5.73 Å². The first-order valence-electron chi connectivity index (χ1n) is 6.52. The number of halogens is 3. The lowest BCUT2D eigenvalue weighted by Crippen LogP contribution is -2.41. The lowest BCUT2D eigenvalue weighted by atomic mass is 9.76. The van der Waals surface area contributed by atoms with Crippen LogP contribution < -0.4 is 5.73 Å². The van der Waals surface area contributed by atoms with E-state index >= 15 is 0 Å². The molecule has 1 atom stereocenters. The highest BCUT2D eigenvalue weighted by Gasteiger charge is 2.32. The van der Waals surface area contributed by atoms with Crippen molar-refractivity contribution in [1.82, 2.24) is 0 Å². The minimum absolute atomic E-state index is 0.0771. The first-order valence-corrected chi connectivity index (χ1v) is 7.31. The van der Waals surface area contributed by atoms with E-state index in [1.807, 2.05) is 24.3 Å². The van der Waals surface area contributed by atoms with Gasteiger partial charge in [0.15, 0.2) is 0 Å². The highest BCUT2D eigenvalue weighted by atomic mass is 79.9. The quantitative estimate of drug-likeness (QED) is 0.865. The summed E-state index contributed by atoms with van der Waals surface area (Å²) in [5.41, 5.74) is 6.18. The van der Waals surface area contributed by atoms with E-state index in [9.17, 15) is 13.9 Å². The number of hydrogen-bond donors (Lipinski definition) is 2. The summed E-state index contributed by atoms with van der Waals surface area (Å²) in [7, 11) is 0. The van der Waals surface area contributed by atoms with Gasteiger partial charge in [0.05, 0.1) is 6.61 Å². The van der Waals surface area contributed by atoms with E-state index < -0.39 is 17.0 Å². The standard InChI is InChI=1S/C16H16BrF2NO/c17-15-4-2-1-3-11(15)8-16(9-20,10-21)12-5-13(18)7-14(19)6-12/h1-7,21H,8-10,20H2. The summed E-state index contributed by atoms with van der Waals surface area (Å²) in [5.74, 6) is -1.35. The fourth-order valence-corrected chi connectivity index (χ4v) is 2.80.